The molecule has 0 N–H and O–H groups in total. The van der Waals surface area contributed by atoms with E-state index < -0.39 is 0 Å². The van der Waals surface area contributed by atoms with Crippen LogP contribution >= 0.6 is 0 Å². The fourth-order valence-electron chi connectivity index (χ4n) is 2.38. The summed E-state index contributed by atoms with van der Waals surface area (Å²) in [5.74, 6) is 1.99. The quantitative estimate of drug-likeness (QED) is 0.785. The third-order valence-electron chi connectivity index (χ3n) is 3.28. The van der Waals surface area contributed by atoms with Crippen molar-refractivity contribution < 1.29 is 9.21 Å². The highest BCUT2D eigenvalue weighted by molar-refractivity contribution is 5.93. The van der Waals surface area contributed by atoms with Crippen LogP contribution in [0.1, 0.15) is 38.4 Å². The Kier molecular flexibility index (Phi) is 3.32. The van der Waals surface area contributed by atoms with Crippen LogP contribution in [0.25, 0.3) is 0 Å². The smallest absolute Gasteiger partial charge is 0.232 e. The van der Waals surface area contributed by atoms with Crippen LogP contribution in [0.2, 0.25) is 0 Å². The van der Waals surface area contributed by atoms with Crippen LogP contribution < -0.4 is 4.90 Å². The molecular formula is C13H19NO2. The van der Waals surface area contributed by atoms with Gasteiger partial charge in [-0.25, -0.2) is 0 Å². The van der Waals surface area contributed by atoms with Crippen LogP contribution in [-0.4, -0.2) is 12.5 Å². The summed E-state index contributed by atoms with van der Waals surface area (Å²) in [4.78, 5) is 14.0. The average Bonchev–Trinajstić information content (AvgIpc) is 2.90. The van der Waals surface area contributed by atoms with Crippen molar-refractivity contribution in [2.45, 2.75) is 39.5 Å². The van der Waals surface area contributed by atoms with Crippen molar-refractivity contribution in [2.24, 2.45) is 5.92 Å². The molecular weight excluding hydrogens is 202 g/mol. The van der Waals surface area contributed by atoms with Gasteiger partial charge in [-0.05, 0) is 32.8 Å². The number of rotatable bonds is 3. The molecule has 1 amide bonds. The molecule has 0 spiro atoms. The van der Waals surface area contributed by atoms with Gasteiger partial charge in [-0.2, -0.15) is 0 Å². The van der Waals surface area contributed by atoms with Gasteiger partial charge in [-0.3, -0.25) is 9.69 Å². The minimum atomic E-state index is 0.213. The topological polar surface area (TPSA) is 33.5 Å². The molecule has 1 saturated carbocycles. The Balaban J connectivity index is 2.12. The van der Waals surface area contributed by atoms with Gasteiger partial charge in [0.15, 0.2) is 0 Å². The van der Waals surface area contributed by atoms with Gasteiger partial charge in [-0.15, -0.1) is 0 Å². The Morgan fingerprint density at radius 1 is 1.44 bits per heavy atom. The van der Waals surface area contributed by atoms with Gasteiger partial charge in [0.1, 0.15) is 5.76 Å². The Labute approximate surface area is 96.4 Å². The lowest BCUT2D eigenvalue weighted by Crippen LogP contribution is -2.34. The van der Waals surface area contributed by atoms with E-state index in [9.17, 15) is 4.79 Å². The van der Waals surface area contributed by atoms with Crippen LogP contribution in [0.3, 0.4) is 0 Å². The fraction of sp³-hybridized carbons (Fsp3) is 0.615. The number of carbonyl (C=O) groups is 1. The summed E-state index contributed by atoms with van der Waals surface area (Å²) in [5.41, 5.74) is 0. The number of hydrogen-bond acceptors (Lipinski definition) is 2. The Bertz CT molecular complexity index is 364. The molecule has 0 unspecified atom stereocenters. The lowest BCUT2D eigenvalue weighted by Gasteiger charge is -2.21. The van der Waals surface area contributed by atoms with Gasteiger partial charge in [-0.1, -0.05) is 12.8 Å². The Morgan fingerprint density at radius 3 is 2.62 bits per heavy atom. The Hall–Kier alpha value is -1.25. The maximum atomic E-state index is 12.3. The predicted octanol–water partition coefficient (Wildman–Crippen LogP) is 3.13. The second kappa shape index (κ2) is 4.73. The van der Waals surface area contributed by atoms with E-state index in [0.717, 1.165) is 18.6 Å². The minimum Gasteiger partial charge on any atom is -0.445 e. The molecule has 0 atom stereocenters. The third-order valence-corrected chi connectivity index (χ3v) is 3.28. The number of amides is 1. The zero-order chi connectivity index (χ0) is 11.5. The fourth-order valence-corrected chi connectivity index (χ4v) is 2.38. The Morgan fingerprint density at radius 2 is 2.12 bits per heavy atom. The molecule has 0 aromatic carbocycles. The summed E-state index contributed by atoms with van der Waals surface area (Å²) in [7, 11) is 0. The first-order valence-electron chi connectivity index (χ1n) is 6.10. The molecule has 3 heteroatoms. The van der Waals surface area contributed by atoms with Gasteiger partial charge >= 0.3 is 0 Å². The summed E-state index contributed by atoms with van der Waals surface area (Å²) < 4.78 is 5.52. The van der Waals surface area contributed by atoms with Crippen LogP contribution in [-0.2, 0) is 4.79 Å². The van der Waals surface area contributed by atoms with Crippen molar-refractivity contribution in [3.8, 4) is 0 Å². The lowest BCUT2D eigenvalue weighted by atomic mass is 10.1. The summed E-state index contributed by atoms with van der Waals surface area (Å²) in [6.07, 6.45) is 4.44. The van der Waals surface area contributed by atoms with Crippen molar-refractivity contribution in [3.05, 3.63) is 17.9 Å². The maximum absolute atomic E-state index is 12.3. The van der Waals surface area contributed by atoms with Gasteiger partial charge in [0, 0.05) is 18.5 Å². The normalized spacial score (nSPS) is 16.6. The highest BCUT2D eigenvalue weighted by atomic mass is 16.4. The molecule has 88 valence electrons. The zero-order valence-electron chi connectivity index (χ0n) is 10.0. The second-order valence-electron chi connectivity index (χ2n) is 4.45. The number of carbonyl (C=O) groups excluding carboxylic acids is 1. The zero-order valence-corrected chi connectivity index (χ0v) is 10.0. The molecule has 1 fully saturated rings. The first-order chi connectivity index (χ1) is 7.72. The molecule has 0 aliphatic heterocycles. The van der Waals surface area contributed by atoms with E-state index in [1.165, 1.54) is 12.8 Å². The number of hydrogen-bond donors (Lipinski definition) is 0. The number of aryl methyl sites for hydroxylation is 1. The predicted molar refractivity (Wildman–Crippen MR) is 63.4 cm³/mol. The standard InChI is InChI=1S/C13H19NO2/c1-3-14(12-9-8-10(2)16-12)13(15)11-6-4-5-7-11/h8-9,11H,3-7H2,1-2H3. The van der Waals surface area contributed by atoms with Gasteiger partial charge in [0.05, 0.1) is 0 Å². The highest BCUT2D eigenvalue weighted by Crippen LogP contribution is 2.29. The summed E-state index contributed by atoms with van der Waals surface area (Å²) in [6, 6.07) is 3.78. The van der Waals surface area contributed by atoms with E-state index in [2.05, 4.69) is 0 Å². The van der Waals surface area contributed by atoms with E-state index in [-0.39, 0.29) is 11.8 Å². The molecule has 1 aliphatic carbocycles. The summed E-state index contributed by atoms with van der Waals surface area (Å²) in [6.45, 7) is 4.57. The van der Waals surface area contributed by atoms with Gasteiger partial charge in [0.25, 0.3) is 0 Å². The van der Waals surface area contributed by atoms with E-state index in [0.29, 0.717) is 12.4 Å². The van der Waals surface area contributed by atoms with Gasteiger partial charge in [0.2, 0.25) is 11.8 Å². The largest absolute Gasteiger partial charge is 0.445 e. The average molecular weight is 221 g/mol. The van der Waals surface area contributed by atoms with E-state index in [4.69, 9.17) is 4.42 Å². The molecule has 0 saturated heterocycles. The molecule has 1 heterocycles. The SMILES string of the molecule is CCN(C(=O)C1CCCC1)c1ccc(C)o1. The van der Waals surface area contributed by atoms with Crippen molar-refractivity contribution in [2.75, 3.05) is 11.4 Å². The number of furan rings is 1. The number of anilines is 1. The van der Waals surface area contributed by atoms with Crippen molar-refractivity contribution in [1.82, 2.24) is 0 Å². The summed E-state index contributed by atoms with van der Waals surface area (Å²) in [5, 5.41) is 0. The highest BCUT2D eigenvalue weighted by Gasteiger charge is 2.28. The van der Waals surface area contributed by atoms with Gasteiger partial charge < -0.3 is 4.42 Å². The first-order valence-corrected chi connectivity index (χ1v) is 6.10. The molecule has 16 heavy (non-hydrogen) atoms. The molecule has 2 rings (SSSR count). The van der Waals surface area contributed by atoms with E-state index >= 15 is 0 Å². The lowest BCUT2D eigenvalue weighted by molar-refractivity contribution is -0.122. The first kappa shape index (κ1) is 11.2. The third kappa shape index (κ3) is 2.13. The van der Waals surface area contributed by atoms with E-state index in [1.54, 1.807) is 4.90 Å². The van der Waals surface area contributed by atoms with Crippen molar-refractivity contribution in [3.63, 3.8) is 0 Å². The van der Waals surface area contributed by atoms with Crippen LogP contribution in [0.5, 0.6) is 0 Å². The molecule has 0 bridgehead atoms. The minimum absolute atomic E-state index is 0.213. The molecule has 1 aromatic heterocycles. The second-order valence-corrected chi connectivity index (χ2v) is 4.45. The van der Waals surface area contributed by atoms with Crippen molar-refractivity contribution in [1.29, 1.82) is 0 Å². The monoisotopic (exact) mass is 221 g/mol. The number of nitrogens with zero attached hydrogens (tertiary/aromatic N) is 1. The molecule has 1 aliphatic rings. The van der Waals surface area contributed by atoms with Crippen LogP contribution in [0, 0.1) is 12.8 Å². The van der Waals surface area contributed by atoms with Crippen LogP contribution in [0.4, 0.5) is 5.88 Å². The maximum Gasteiger partial charge on any atom is 0.232 e. The van der Waals surface area contributed by atoms with Crippen molar-refractivity contribution >= 4 is 11.8 Å². The molecule has 0 radical (unpaired) electrons. The molecule has 1 aromatic rings. The molecule has 3 nitrogen and oxygen atoms in total. The van der Waals surface area contributed by atoms with E-state index in [1.807, 2.05) is 26.0 Å². The van der Waals surface area contributed by atoms with Crippen LogP contribution in [0.15, 0.2) is 16.5 Å². The summed E-state index contributed by atoms with van der Waals surface area (Å²) >= 11 is 0.